The van der Waals surface area contributed by atoms with E-state index in [4.69, 9.17) is 10.7 Å². The van der Waals surface area contributed by atoms with E-state index in [1.165, 1.54) is 16.0 Å². The Morgan fingerprint density at radius 2 is 2.16 bits per heavy atom. The average Bonchev–Trinajstić information content (AvgIpc) is 3.51. The minimum atomic E-state index is 0.131. The first-order valence-corrected chi connectivity index (χ1v) is 12.2. The lowest BCUT2D eigenvalue weighted by atomic mass is 10.1. The van der Waals surface area contributed by atoms with Crippen LogP contribution in [0.3, 0.4) is 0 Å². The van der Waals surface area contributed by atoms with E-state index in [9.17, 15) is 0 Å². The van der Waals surface area contributed by atoms with Crippen LogP contribution in [0.5, 0.6) is 0 Å². The van der Waals surface area contributed by atoms with E-state index in [1.807, 2.05) is 38.2 Å². The highest BCUT2D eigenvalue weighted by atomic mass is 32.2. The van der Waals surface area contributed by atoms with Crippen molar-refractivity contribution < 1.29 is 0 Å². The normalized spacial score (nSPS) is 15.0. The summed E-state index contributed by atoms with van der Waals surface area (Å²) in [6.07, 6.45) is 9.86. The summed E-state index contributed by atoms with van der Waals surface area (Å²) >= 11 is 1.74. The largest absolute Gasteiger partial charge is 0.324 e. The second kappa shape index (κ2) is 11.1. The van der Waals surface area contributed by atoms with Crippen molar-refractivity contribution in [3.63, 3.8) is 0 Å². The van der Waals surface area contributed by atoms with Gasteiger partial charge < -0.3 is 10.6 Å². The molecule has 0 saturated carbocycles. The van der Waals surface area contributed by atoms with Gasteiger partial charge in [0.05, 0.1) is 6.54 Å². The van der Waals surface area contributed by atoms with Crippen LogP contribution >= 0.6 is 11.8 Å². The molecular weight excluding hydrogens is 416 g/mol. The maximum Gasteiger partial charge on any atom is 0.161 e. The molecule has 1 atom stereocenters. The predicted octanol–water partition coefficient (Wildman–Crippen LogP) is 5.98. The van der Waals surface area contributed by atoms with Crippen molar-refractivity contribution in [3.05, 3.63) is 70.9 Å². The third kappa shape index (κ3) is 4.95. The Bertz CT molecular complexity index is 1070. The summed E-state index contributed by atoms with van der Waals surface area (Å²) in [7, 11) is 0. The highest BCUT2D eigenvalue weighted by Crippen LogP contribution is 2.38. The summed E-state index contributed by atoms with van der Waals surface area (Å²) in [5, 5.41) is 4.32. The summed E-state index contributed by atoms with van der Waals surface area (Å²) in [6.45, 7) is 10.5. The molecule has 3 aromatic rings. The van der Waals surface area contributed by atoms with Gasteiger partial charge in [-0.25, -0.2) is 9.67 Å². The van der Waals surface area contributed by atoms with Crippen LogP contribution in [0.1, 0.15) is 44.4 Å². The standard InChI is InChI=1S/C23H26N6S.C2H6/c1-4-18(30-3)15-28(17-7-8-19-16(14-17)6-9-20(19)24)23-21(25-2)10-11-22(27-23)29-13-5-12-26-29;1-2/h4-5,7-8,10-14,20H,2,6,9,15,24H2,1,3H3;1-2H3/b18-4-;. The van der Waals surface area contributed by atoms with Crippen LogP contribution in [-0.4, -0.2) is 34.3 Å². The fourth-order valence-corrected chi connectivity index (χ4v) is 4.30. The van der Waals surface area contributed by atoms with Crippen molar-refractivity contribution in [2.45, 2.75) is 39.7 Å². The van der Waals surface area contributed by atoms with Crippen molar-refractivity contribution >= 4 is 35.7 Å². The Labute approximate surface area is 195 Å². The van der Waals surface area contributed by atoms with Gasteiger partial charge in [-0.2, -0.15) is 5.10 Å². The Morgan fingerprint density at radius 1 is 1.34 bits per heavy atom. The SMILES string of the molecule is C=Nc1ccc(-n2cccn2)nc1N(C/C(=C/C)SC)c1ccc2c(c1)CCC2N.CC. The molecule has 1 aliphatic rings. The van der Waals surface area contributed by atoms with Gasteiger partial charge >= 0.3 is 0 Å². The molecule has 7 heteroatoms. The number of hydrogen-bond donors (Lipinski definition) is 1. The number of rotatable bonds is 7. The van der Waals surface area contributed by atoms with Crippen LogP contribution in [-0.2, 0) is 6.42 Å². The van der Waals surface area contributed by atoms with E-state index in [0.717, 1.165) is 35.9 Å². The van der Waals surface area contributed by atoms with E-state index < -0.39 is 0 Å². The van der Waals surface area contributed by atoms with Crippen LogP contribution in [0, 0.1) is 0 Å². The highest BCUT2D eigenvalue weighted by molar-refractivity contribution is 8.02. The summed E-state index contributed by atoms with van der Waals surface area (Å²) in [6, 6.07) is 12.4. The monoisotopic (exact) mass is 448 g/mol. The molecule has 1 aromatic carbocycles. The zero-order valence-electron chi connectivity index (χ0n) is 19.3. The molecule has 32 heavy (non-hydrogen) atoms. The first kappa shape index (κ1) is 23.8. The van der Waals surface area contributed by atoms with E-state index >= 15 is 0 Å². The second-order valence-corrected chi connectivity index (χ2v) is 8.13. The number of allylic oxidation sites excluding steroid dienone is 1. The Kier molecular flexibility index (Phi) is 8.25. The lowest BCUT2D eigenvalue weighted by Crippen LogP contribution is -2.21. The minimum absolute atomic E-state index is 0.131. The van der Waals surface area contributed by atoms with Crippen LogP contribution < -0.4 is 10.6 Å². The van der Waals surface area contributed by atoms with E-state index in [1.54, 1.807) is 22.6 Å². The van der Waals surface area contributed by atoms with Gasteiger partial charge in [-0.1, -0.05) is 26.0 Å². The second-order valence-electron chi connectivity index (χ2n) is 7.19. The summed E-state index contributed by atoms with van der Waals surface area (Å²) < 4.78 is 1.75. The van der Waals surface area contributed by atoms with E-state index in [0.29, 0.717) is 6.54 Å². The molecule has 1 unspecified atom stereocenters. The third-order valence-electron chi connectivity index (χ3n) is 5.47. The molecule has 0 fully saturated rings. The number of fused-ring (bicyclic) bond motifs is 1. The van der Waals surface area contributed by atoms with Gasteiger partial charge in [0.2, 0.25) is 0 Å². The van der Waals surface area contributed by atoms with Crippen molar-refractivity contribution in [3.8, 4) is 5.82 Å². The van der Waals surface area contributed by atoms with E-state index in [-0.39, 0.29) is 6.04 Å². The molecule has 0 bridgehead atoms. The molecule has 168 valence electrons. The molecule has 2 aromatic heterocycles. The quantitative estimate of drug-likeness (QED) is 0.450. The summed E-state index contributed by atoms with van der Waals surface area (Å²) in [5.41, 5.74) is 10.6. The smallest absolute Gasteiger partial charge is 0.161 e. The van der Waals surface area contributed by atoms with Gasteiger partial charge in [0.15, 0.2) is 11.6 Å². The molecular formula is C25H32N6S. The predicted molar refractivity (Wildman–Crippen MR) is 138 cm³/mol. The number of nitrogens with zero attached hydrogens (tertiary/aromatic N) is 5. The topological polar surface area (TPSA) is 72.3 Å². The number of anilines is 2. The van der Waals surface area contributed by atoms with Crippen molar-refractivity contribution in [2.75, 3.05) is 17.7 Å². The Hall–Kier alpha value is -2.90. The van der Waals surface area contributed by atoms with Gasteiger partial charge in [0.1, 0.15) is 5.69 Å². The maximum atomic E-state index is 6.26. The Balaban J connectivity index is 0.00000141. The molecule has 0 spiro atoms. The molecule has 1 aliphatic carbocycles. The average molecular weight is 449 g/mol. The van der Waals surface area contributed by atoms with Crippen molar-refractivity contribution in [2.24, 2.45) is 10.7 Å². The fraction of sp³-hybridized carbons (Fsp3) is 0.320. The summed E-state index contributed by atoms with van der Waals surface area (Å²) in [5.74, 6) is 1.50. The molecule has 6 nitrogen and oxygen atoms in total. The molecule has 0 saturated heterocycles. The number of nitrogens with two attached hydrogens (primary N) is 1. The fourth-order valence-electron chi connectivity index (χ4n) is 3.81. The number of aryl methyl sites for hydroxylation is 1. The molecule has 2 heterocycles. The number of pyridine rings is 1. The lowest BCUT2D eigenvalue weighted by Gasteiger charge is -2.27. The minimum Gasteiger partial charge on any atom is -0.324 e. The molecule has 0 aliphatic heterocycles. The first-order chi connectivity index (χ1) is 15.6. The van der Waals surface area contributed by atoms with Gasteiger partial charge in [-0.3, -0.25) is 4.99 Å². The first-order valence-electron chi connectivity index (χ1n) is 11.0. The number of hydrogen-bond acceptors (Lipinski definition) is 6. The number of thioether (sulfide) groups is 1. The van der Waals surface area contributed by atoms with Gasteiger partial charge in [0.25, 0.3) is 0 Å². The number of aliphatic imine (C=N–C) groups is 1. The van der Waals surface area contributed by atoms with Crippen molar-refractivity contribution in [1.29, 1.82) is 0 Å². The molecule has 0 amide bonds. The van der Waals surface area contributed by atoms with E-state index in [2.05, 4.69) is 59.2 Å². The number of aromatic nitrogens is 3. The maximum absolute atomic E-state index is 6.26. The van der Waals surface area contributed by atoms with Crippen LogP contribution in [0.15, 0.2) is 64.8 Å². The van der Waals surface area contributed by atoms with Crippen LogP contribution in [0.4, 0.5) is 17.2 Å². The van der Waals surface area contributed by atoms with Crippen LogP contribution in [0.25, 0.3) is 5.82 Å². The van der Waals surface area contributed by atoms with Crippen LogP contribution in [0.2, 0.25) is 0 Å². The zero-order valence-corrected chi connectivity index (χ0v) is 20.1. The highest BCUT2D eigenvalue weighted by Gasteiger charge is 2.23. The molecule has 4 rings (SSSR count). The van der Waals surface area contributed by atoms with Gasteiger partial charge in [-0.05, 0) is 74.2 Å². The third-order valence-corrected chi connectivity index (χ3v) is 6.35. The Morgan fingerprint density at radius 3 is 2.81 bits per heavy atom. The zero-order chi connectivity index (χ0) is 23.1. The molecule has 0 radical (unpaired) electrons. The van der Waals surface area contributed by atoms with Gasteiger partial charge in [-0.15, -0.1) is 11.8 Å². The lowest BCUT2D eigenvalue weighted by molar-refractivity contribution is 0.713. The number of benzene rings is 1. The van der Waals surface area contributed by atoms with Gasteiger partial charge in [0, 0.05) is 29.0 Å². The summed E-state index contributed by atoms with van der Waals surface area (Å²) in [4.78, 5) is 12.6. The van der Waals surface area contributed by atoms with Crippen molar-refractivity contribution in [1.82, 2.24) is 14.8 Å². The molecule has 2 N–H and O–H groups in total.